The molecule has 2 N–H and O–H groups in total. The average Bonchev–Trinajstić information content (AvgIpc) is 3.39. The fourth-order valence-corrected chi connectivity index (χ4v) is 5.34. The van der Waals surface area contributed by atoms with E-state index in [0.717, 1.165) is 44.8 Å². The van der Waals surface area contributed by atoms with Crippen LogP contribution < -0.4 is 10.6 Å². The van der Waals surface area contributed by atoms with Gasteiger partial charge in [-0.2, -0.15) is 0 Å². The Kier molecular flexibility index (Phi) is 5.25. The second-order valence-electron chi connectivity index (χ2n) is 6.05. The number of carbonyl (C=O) groups excluding carboxylic acids is 1. The van der Waals surface area contributed by atoms with E-state index in [1.807, 2.05) is 42.5 Å². The zero-order chi connectivity index (χ0) is 18.4. The van der Waals surface area contributed by atoms with Crippen molar-refractivity contribution in [2.45, 2.75) is 0 Å². The lowest BCUT2D eigenvalue weighted by atomic mass is 10.1. The Hall–Kier alpha value is -2.19. The molecule has 1 aliphatic heterocycles. The monoisotopic (exact) mass is 448 g/mol. The van der Waals surface area contributed by atoms with Gasteiger partial charge in [0.05, 0.1) is 21.8 Å². The minimum Gasteiger partial charge on any atom is -0.368 e. The van der Waals surface area contributed by atoms with E-state index >= 15 is 0 Å². The Morgan fingerprint density at radius 1 is 1.14 bits per heavy atom. The summed E-state index contributed by atoms with van der Waals surface area (Å²) >= 11 is 9.32. The number of nitrogens with zero attached hydrogens (tertiary/aromatic N) is 2. The molecule has 3 heterocycles. The van der Waals surface area contributed by atoms with Crippen molar-refractivity contribution in [2.75, 3.05) is 18.4 Å². The van der Waals surface area contributed by atoms with Crippen molar-refractivity contribution in [1.82, 2.24) is 10.3 Å². The molecule has 0 bridgehead atoms. The third kappa shape index (κ3) is 3.35. The zero-order valence-corrected chi connectivity index (χ0v) is 17.6. The Bertz CT molecular complexity index is 1200. The summed E-state index contributed by atoms with van der Waals surface area (Å²) in [5, 5.41) is 8.06. The van der Waals surface area contributed by atoms with Crippen LogP contribution in [-0.4, -0.2) is 29.8 Å². The number of amides is 1. The summed E-state index contributed by atoms with van der Waals surface area (Å²) in [5.41, 5.74) is 1.88. The predicted octanol–water partition coefficient (Wildman–Crippen LogP) is 5.19. The normalized spacial score (nSPS) is 13.2. The number of hydrogen-bond donors (Lipinski definition) is 2. The smallest absolute Gasteiger partial charge is 0.269 e. The molecule has 9 heteroatoms. The number of hydrogen-bond acceptors (Lipinski definition) is 6. The van der Waals surface area contributed by atoms with Gasteiger partial charge >= 0.3 is 0 Å². The standard InChI is InChI=1S/C19H13ClN4OS2.ClH/c20-15-11-6-5-10(17-21-7-8-22-17)9-14(11)26-16(15)18(25)24-19-23-12-3-1-2-4-13(12)27-19;/h1-6,9H,7-8H2,(H,21,22)(H,23,24,25);1H. The molecule has 0 atom stereocenters. The van der Waals surface area contributed by atoms with Crippen molar-refractivity contribution in [3.63, 3.8) is 0 Å². The van der Waals surface area contributed by atoms with Crippen molar-refractivity contribution in [3.05, 3.63) is 57.9 Å². The number of carbonyl (C=O) groups is 1. The van der Waals surface area contributed by atoms with Gasteiger partial charge in [0.1, 0.15) is 10.7 Å². The molecule has 0 saturated heterocycles. The van der Waals surface area contributed by atoms with Crippen LogP contribution in [0.2, 0.25) is 5.02 Å². The summed E-state index contributed by atoms with van der Waals surface area (Å²) in [6, 6.07) is 13.7. The Morgan fingerprint density at radius 2 is 2.00 bits per heavy atom. The van der Waals surface area contributed by atoms with Gasteiger partial charge in [-0.05, 0) is 18.2 Å². The van der Waals surface area contributed by atoms with Gasteiger partial charge < -0.3 is 5.32 Å². The van der Waals surface area contributed by atoms with Gasteiger partial charge in [0.2, 0.25) is 0 Å². The highest BCUT2D eigenvalue weighted by Crippen LogP contribution is 2.37. The molecule has 5 rings (SSSR count). The quantitative estimate of drug-likeness (QED) is 0.453. The molecule has 2 aromatic heterocycles. The van der Waals surface area contributed by atoms with E-state index in [0.29, 0.717) is 15.0 Å². The molecule has 142 valence electrons. The number of para-hydroxylation sites is 1. The highest BCUT2D eigenvalue weighted by atomic mass is 35.5. The van der Waals surface area contributed by atoms with Gasteiger partial charge in [-0.3, -0.25) is 15.1 Å². The molecule has 0 fully saturated rings. The average molecular weight is 449 g/mol. The van der Waals surface area contributed by atoms with E-state index in [4.69, 9.17) is 11.6 Å². The first-order valence-electron chi connectivity index (χ1n) is 8.37. The highest BCUT2D eigenvalue weighted by Gasteiger charge is 2.19. The molecular formula is C19H14Cl2N4OS2. The van der Waals surface area contributed by atoms with Crippen LogP contribution in [0.15, 0.2) is 47.5 Å². The lowest BCUT2D eigenvalue weighted by Gasteiger charge is -2.01. The summed E-state index contributed by atoms with van der Waals surface area (Å²) in [4.78, 5) is 22.2. The molecule has 5 nitrogen and oxygen atoms in total. The second kappa shape index (κ2) is 7.67. The number of thiazole rings is 1. The number of anilines is 1. The van der Waals surface area contributed by atoms with Crippen LogP contribution in [0.25, 0.3) is 20.3 Å². The molecule has 2 aromatic carbocycles. The van der Waals surface area contributed by atoms with E-state index in [9.17, 15) is 4.79 Å². The third-order valence-corrected chi connectivity index (χ3v) is 6.91. The van der Waals surface area contributed by atoms with Crippen molar-refractivity contribution < 1.29 is 4.79 Å². The van der Waals surface area contributed by atoms with Crippen LogP contribution in [0.4, 0.5) is 5.13 Å². The first-order valence-corrected chi connectivity index (χ1v) is 10.4. The zero-order valence-electron chi connectivity index (χ0n) is 14.4. The largest absolute Gasteiger partial charge is 0.368 e. The molecule has 0 aliphatic carbocycles. The predicted molar refractivity (Wildman–Crippen MR) is 121 cm³/mol. The van der Waals surface area contributed by atoms with Crippen LogP contribution in [0, 0.1) is 0 Å². The van der Waals surface area contributed by atoms with Crippen molar-refractivity contribution in [1.29, 1.82) is 0 Å². The SMILES string of the molecule is Cl.O=C(Nc1nc2ccccc2s1)c1sc2cc(C3=NCCN3)ccc2c1Cl. The molecule has 28 heavy (non-hydrogen) atoms. The number of amidine groups is 1. The van der Waals surface area contributed by atoms with Gasteiger partial charge in [0, 0.05) is 22.2 Å². The maximum Gasteiger partial charge on any atom is 0.269 e. The fraction of sp³-hybridized carbons (Fsp3) is 0.105. The lowest BCUT2D eigenvalue weighted by Crippen LogP contribution is -2.19. The third-order valence-electron chi connectivity index (χ3n) is 4.30. The van der Waals surface area contributed by atoms with Crippen molar-refractivity contribution in [3.8, 4) is 0 Å². The van der Waals surface area contributed by atoms with E-state index < -0.39 is 0 Å². The van der Waals surface area contributed by atoms with E-state index in [1.165, 1.54) is 22.7 Å². The summed E-state index contributed by atoms with van der Waals surface area (Å²) in [6.07, 6.45) is 0. The second-order valence-corrected chi connectivity index (χ2v) is 8.51. The minimum atomic E-state index is -0.238. The number of nitrogens with one attached hydrogen (secondary N) is 2. The Morgan fingerprint density at radius 3 is 2.79 bits per heavy atom. The van der Waals surface area contributed by atoms with Crippen molar-refractivity contribution in [2.24, 2.45) is 4.99 Å². The Balaban J connectivity index is 0.00000192. The number of rotatable bonds is 3. The minimum absolute atomic E-state index is 0. The summed E-state index contributed by atoms with van der Waals surface area (Å²) in [7, 11) is 0. The number of benzene rings is 2. The van der Waals surface area contributed by atoms with Gasteiger partial charge in [-0.15, -0.1) is 23.7 Å². The van der Waals surface area contributed by atoms with Crippen LogP contribution in [-0.2, 0) is 0 Å². The summed E-state index contributed by atoms with van der Waals surface area (Å²) in [5.74, 6) is 0.653. The van der Waals surface area contributed by atoms with E-state index in [2.05, 4.69) is 20.6 Å². The molecule has 0 radical (unpaired) electrons. The summed E-state index contributed by atoms with van der Waals surface area (Å²) < 4.78 is 1.99. The summed E-state index contributed by atoms with van der Waals surface area (Å²) in [6.45, 7) is 1.64. The molecule has 4 aromatic rings. The van der Waals surface area contributed by atoms with Gasteiger partial charge in [0.15, 0.2) is 5.13 Å². The van der Waals surface area contributed by atoms with E-state index in [1.54, 1.807) is 0 Å². The topological polar surface area (TPSA) is 66.4 Å². The maximum absolute atomic E-state index is 12.8. The number of thiophene rings is 1. The molecule has 0 unspecified atom stereocenters. The molecule has 0 saturated carbocycles. The molecule has 1 aliphatic rings. The van der Waals surface area contributed by atoms with Crippen LogP contribution >= 0.6 is 46.7 Å². The number of fused-ring (bicyclic) bond motifs is 2. The van der Waals surface area contributed by atoms with Crippen molar-refractivity contribution >= 4 is 83.9 Å². The van der Waals surface area contributed by atoms with Gasteiger partial charge in [0.25, 0.3) is 5.91 Å². The first-order chi connectivity index (χ1) is 13.2. The molecular weight excluding hydrogens is 435 g/mol. The Labute approximate surface area is 179 Å². The highest BCUT2D eigenvalue weighted by molar-refractivity contribution is 7.23. The number of halogens is 2. The number of aromatic nitrogens is 1. The fourth-order valence-electron chi connectivity index (χ4n) is 3.03. The molecule has 1 amide bonds. The van der Waals surface area contributed by atoms with Crippen LogP contribution in [0.1, 0.15) is 15.2 Å². The van der Waals surface area contributed by atoms with Crippen LogP contribution in [0.5, 0.6) is 0 Å². The first kappa shape index (κ1) is 19.1. The van der Waals surface area contributed by atoms with Gasteiger partial charge in [-0.25, -0.2) is 4.98 Å². The molecule has 0 spiro atoms. The maximum atomic E-state index is 12.8. The van der Waals surface area contributed by atoms with Crippen LogP contribution in [0.3, 0.4) is 0 Å². The van der Waals surface area contributed by atoms with E-state index in [-0.39, 0.29) is 18.3 Å². The number of aliphatic imine (C=N–C) groups is 1. The lowest BCUT2D eigenvalue weighted by molar-refractivity contribution is 0.103. The van der Waals surface area contributed by atoms with Gasteiger partial charge in [-0.1, -0.05) is 47.2 Å².